The standard InChI is InChI=1S/C22H13F6NO4/c23-21(24,25)14-8-13(9-15(10-14)22(26,27)28)19(30)29-17(20(31)32)11-16-6-7-18(33-16)12-4-2-1-3-5-12/h1-11H,(H,29,30)(H,31,32)/b17-11-. The highest BCUT2D eigenvalue weighted by Gasteiger charge is 2.37. The lowest BCUT2D eigenvalue weighted by molar-refractivity contribution is -0.143. The third-order valence-electron chi connectivity index (χ3n) is 4.30. The molecular weight excluding hydrogens is 456 g/mol. The van der Waals surface area contributed by atoms with E-state index in [4.69, 9.17) is 4.42 Å². The van der Waals surface area contributed by atoms with E-state index in [9.17, 15) is 41.0 Å². The lowest BCUT2D eigenvalue weighted by Gasteiger charge is -2.14. The number of hydrogen-bond acceptors (Lipinski definition) is 3. The first kappa shape index (κ1) is 23.6. The van der Waals surface area contributed by atoms with Crippen molar-refractivity contribution in [2.75, 3.05) is 0 Å². The maximum atomic E-state index is 13.0. The minimum Gasteiger partial charge on any atom is -0.477 e. The molecule has 2 aromatic carbocycles. The fourth-order valence-electron chi connectivity index (χ4n) is 2.76. The molecule has 0 aliphatic rings. The maximum absolute atomic E-state index is 13.0. The Kier molecular flexibility index (Phi) is 6.34. The molecule has 0 saturated carbocycles. The van der Waals surface area contributed by atoms with Gasteiger partial charge < -0.3 is 14.8 Å². The summed E-state index contributed by atoms with van der Waals surface area (Å²) >= 11 is 0. The van der Waals surface area contributed by atoms with Gasteiger partial charge in [0.1, 0.15) is 17.2 Å². The van der Waals surface area contributed by atoms with E-state index < -0.39 is 46.6 Å². The molecule has 3 aromatic rings. The molecule has 1 heterocycles. The van der Waals surface area contributed by atoms with Gasteiger partial charge in [0.05, 0.1) is 11.1 Å². The summed E-state index contributed by atoms with van der Waals surface area (Å²) in [5.41, 5.74) is -4.58. The summed E-state index contributed by atoms with van der Waals surface area (Å²) < 4.78 is 83.5. The number of carbonyl (C=O) groups excluding carboxylic acids is 1. The minimum absolute atomic E-state index is 0.0217. The molecule has 0 unspecified atom stereocenters. The van der Waals surface area contributed by atoms with Gasteiger partial charge in [-0.2, -0.15) is 26.3 Å². The molecule has 0 fully saturated rings. The van der Waals surface area contributed by atoms with Crippen LogP contribution in [0.25, 0.3) is 17.4 Å². The van der Waals surface area contributed by atoms with Gasteiger partial charge in [0.25, 0.3) is 5.91 Å². The monoisotopic (exact) mass is 469 g/mol. The molecule has 0 aliphatic carbocycles. The average Bonchev–Trinajstić information content (AvgIpc) is 3.21. The predicted molar refractivity (Wildman–Crippen MR) is 104 cm³/mol. The Morgan fingerprint density at radius 3 is 1.94 bits per heavy atom. The van der Waals surface area contributed by atoms with Gasteiger partial charge in [0, 0.05) is 17.2 Å². The van der Waals surface area contributed by atoms with E-state index in [1.54, 1.807) is 30.3 Å². The molecular formula is C22H13F6NO4. The maximum Gasteiger partial charge on any atom is 0.416 e. The molecule has 0 radical (unpaired) electrons. The third kappa shape index (κ3) is 5.82. The van der Waals surface area contributed by atoms with Crippen LogP contribution in [0.2, 0.25) is 0 Å². The Bertz CT molecular complexity index is 1180. The van der Waals surface area contributed by atoms with E-state index in [-0.39, 0.29) is 24.0 Å². The summed E-state index contributed by atoms with van der Waals surface area (Å²) in [5, 5.41) is 11.2. The molecule has 172 valence electrons. The second-order valence-corrected chi connectivity index (χ2v) is 6.68. The van der Waals surface area contributed by atoms with Crippen LogP contribution in [0.4, 0.5) is 26.3 Å². The molecule has 0 aliphatic heterocycles. The number of rotatable bonds is 5. The van der Waals surface area contributed by atoms with Gasteiger partial charge in [-0.15, -0.1) is 0 Å². The number of aliphatic carboxylic acids is 1. The minimum atomic E-state index is -5.16. The summed E-state index contributed by atoms with van der Waals surface area (Å²) in [4.78, 5) is 23.9. The first-order valence-electron chi connectivity index (χ1n) is 9.05. The Morgan fingerprint density at radius 1 is 0.848 bits per heavy atom. The van der Waals surface area contributed by atoms with Crippen LogP contribution in [-0.4, -0.2) is 17.0 Å². The van der Waals surface area contributed by atoms with Gasteiger partial charge in [-0.25, -0.2) is 4.79 Å². The molecule has 2 N–H and O–H groups in total. The van der Waals surface area contributed by atoms with Crippen molar-refractivity contribution in [1.82, 2.24) is 5.32 Å². The third-order valence-corrected chi connectivity index (χ3v) is 4.30. The van der Waals surface area contributed by atoms with E-state index in [2.05, 4.69) is 0 Å². The van der Waals surface area contributed by atoms with Crippen molar-refractivity contribution >= 4 is 18.0 Å². The largest absolute Gasteiger partial charge is 0.477 e. The van der Waals surface area contributed by atoms with Gasteiger partial charge in [-0.1, -0.05) is 30.3 Å². The number of alkyl halides is 6. The average molecular weight is 469 g/mol. The SMILES string of the molecule is O=C(O)/C(=C/c1ccc(-c2ccccc2)o1)NC(=O)c1cc(C(F)(F)F)cc(C(F)(F)F)c1. The zero-order valence-corrected chi connectivity index (χ0v) is 16.3. The Hall–Kier alpha value is -4.02. The van der Waals surface area contributed by atoms with E-state index >= 15 is 0 Å². The lowest BCUT2D eigenvalue weighted by atomic mass is 10.0. The van der Waals surface area contributed by atoms with Crippen molar-refractivity contribution < 1.29 is 45.5 Å². The van der Waals surface area contributed by atoms with Gasteiger partial charge in [-0.3, -0.25) is 4.79 Å². The van der Waals surface area contributed by atoms with Gasteiger partial charge in [0.15, 0.2) is 0 Å². The number of furan rings is 1. The number of nitrogens with one attached hydrogen (secondary N) is 1. The summed E-state index contributed by atoms with van der Waals surface area (Å²) in [6.07, 6.45) is -9.45. The fraction of sp³-hybridized carbons (Fsp3) is 0.0909. The zero-order chi connectivity index (χ0) is 24.4. The van der Waals surface area contributed by atoms with Crippen LogP contribution in [0.1, 0.15) is 27.2 Å². The number of halogens is 6. The van der Waals surface area contributed by atoms with Crippen LogP contribution in [-0.2, 0) is 17.1 Å². The number of carbonyl (C=O) groups is 2. The van der Waals surface area contributed by atoms with Crippen LogP contribution in [0.3, 0.4) is 0 Å². The number of benzene rings is 2. The van der Waals surface area contributed by atoms with Gasteiger partial charge in [0.2, 0.25) is 0 Å². The molecule has 0 spiro atoms. The Labute approximate surface area is 182 Å². The predicted octanol–water partition coefficient (Wildman–Crippen LogP) is 5.84. The van der Waals surface area contributed by atoms with Gasteiger partial charge >= 0.3 is 18.3 Å². The molecule has 0 atom stereocenters. The number of carboxylic acid groups (broad SMARTS) is 1. The molecule has 11 heteroatoms. The second-order valence-electron chi connectivity index (χ2n) is 6.68. The molecule has 0 saturated heterocycles. The normalized spacial score (nSPS) is 12.5. The van der Waals surface area contributed by atoms with Crippen molar-refractivity contribution in [1.29, 1.82) is 0 Å². The Balaban J connectivity index is 1.93. The van der Waals surface area contributed by atoms with E-state index in [1.807, 2.05) is 5.32 Å². The summed E-state index contributed by atoms with van der Waals surface area (Å²) in [7, 11) is 0. The highest BCUT2D eigenvalue weighted by atomic mass is 19.4. The number of carboxylic acids is 1. The topological polar surface area (TPSA) is 79.5 Å². The van der Waals surface area contributed by atoms with Crippen molar-refractivity contribution in [2.45, 2.75) is 12.4 Å². The molecule has 1 aromatic heterocycles. The van der Waals surface area contributed by atoms with Crippen LogP contribution in [0.15, 0.2) is 70.8 Å². The van der Waals surface area contributed by atoms with Crippen molar-refractivity contribution in [2.24, 2.45) is 0 Å². The van der Waals surface area contributed by atoms with Crippen molar-refractivity contribution in [3.63, 3.8) is 0 Å². The fourth-order valence-corrected chi connectivity index (χ4v) is 2.76. The highest BCUT2D eigenvalue weighted by Crippen LogP contribution is 2.36. The summed E-state index contributed by atoms with van der Waals surface area (Å²) in [6, 6.07) is 11.8. The van der Waals surface area contributed by atoms with Crippen molar-refractivity contribution in [3.8, 4) is 11.3 Å². The molecule has 1 amide bonds. The van der Waals surface area contributed by atoms with Gasteiger partial charge in [-0.05, 0) is 30.3 Å². The zero-order valence-electron chi connectivity index (χ0n) is 16.3. The molecule has 0 bridgehead atoms. The van der Waals surface area contributed by atoms with Crippen LogP contribution in [0.5, 0.6) is 0 Å². The van der Waals surface area contributed by atoms with Crippen LogP contribution >= 0.6 is 0 Å². The summed E-state index contributed by atoms with van der Waals surface area (Å²) in [5.74, 6) is -2.82. The molecule has 33 heavy (non-hydrogen) atoms. The quantitative estimate of drug-likeness (QED) is 0.364. The van der Waals surface area contributed by atoms with E-state index in [0.717, 1.165) is 6.08 Å². The van der Waals surface area contributed by atoms with E-state index in [1.165, 1.54) is 12.1 Å². The lowest BCUT2D eigenvalue weighted by Crippen LogP contribution is -2.28. The summed E-state index contributed by atoms with van der Waals surface area (Å²) in [6.45, 7) is 0. The molecule has 3 rings (SSSR count). The van der Waals surface area contributed by atoms with Crippen LogP contribution in [0, 0.1) is 0 Å². The smallest absolute Gasteiger partial charge is 0.416 e. The molecule has 5 nitrogen and oxygen atoms in total. The van der Waals surface area contributed by atoms with Crippen LogP contribution < -0.4 is 5.32 Å². The number of amides is 1. The second kappa shape index (κ2) is 8.85. The Morgan fingerprint density at radius 2 is 1.42 bits per heavy atom. The first-order chi connectivity index (χ1) is 15.3. The first-order valence-corrected chi connectivity index (χ1v) is 9.05. The number of hydrogen-bond donors (Lipinski definition) is 2. The van der Waals surface area contributed by atoms with E-state index in [0.29, 0.717) is 11.3 Å². The highest BCUT2D eigenvalue weighted by molar-refractivity contribution is 6.02. The van der Waals surface area contributed by atoms with Crippen molar-refractivity contribution in [3.05, 3.63) is 88.8 Å².